The van der Waals surface area contributed by atoms with Gasteiger partial charge in [-0.2, -0.15) is 0 Å². The van der Waals surface area contributed by atoms with Crippen LogP contribution in [0.2, 0.25) is 0 Å². The molecule has 0 saturated carbocycles. The van der Waals surface area contributed by atoms with Crippen molar-refractivity contribution in [3.63, 3.8) is 0 Å². The van der Waals surface area contributed by atoms with Crippen LogP contribution in [0.1, 0.15) is 41.5 Å². The van der Waals surface area contributed by atoms with Gasteiger partial charge in [-0.25, -0.2) is 0 Å². The van der Waals surface area contributed by atoms with E-state index >= 15 is 0 Å². The van der Waals surface area contributed by atoms with Crippen LogP contribution in [-0.4, -0.2) is 52.0 Å². The van der Waals surface area contributed by atoms with E-state index in [0.717, 1.165) is 0 Å². The molecule has 0 spiro atoms. The number of nitrogens with zero attached hydrogens (tertiary/aromatic N) is 4. The predicted octanol–water partition coefficient (Wildman–Crippen LogP) is 1.55. The van der Waals surface area contributed by atoms with E-state index in [4.69, 9.17) is 0 Å². The van der Waals surface area contributed by atoms with E-state index < -0.39 is 29.8 Å². The summed E-state index contributed by atoms with van der Waals surface area (Å²) in [5, 5.41) is 48.3. The molecule has 0 aliphatic rings. The monoisotopic (exact) mass is 336 g/mol. The van der Waals surface area contributed by atoms with Gasteiger partial charge in [0.05, 0.1) is 0 Å². The summed E-state index contributed by atoms with van der Waals surface area (Å²) >= 11 is 0. The van der Waals surface area contributed by atoms with Crippen LogP contribution >= 0.6 is 0 Å². The Morgan fingerprint density at radius 3 is 1.39 bits per heavy atom. The number of hydroxylamine groups is 2. The topological polar surface area (TPSA) is 136 Å². The first-order valence-electron chi connectivity index (χ1n) is 7.25. The Hall–Kier alpha value is -1.68. The summed E-state index contributed by atoms with van der Waals surface area (Å²) in [5.41, 5.74) is -0.915. The Kier molecular flexibility index (Phi) is 8.18. The first-order valence-corrected chi connectivity index (χ1v) is 7.25. The van der Waals surface area contributed by atoms with Gasteiger partial charge in [0.2, 0.25) is 23.6 Å². The van der Waals surface area contributed by atoms with Crippen molar-refractivity contribution in [2.45, 2.75) is 53.8 Å². The van der Waals surface area contributed by atoms with Crippen LogP contribution in [0.4, 0.5) is 0 Å². The summed E-state index contributed by atoms with van der Waals surface area (Å²) in [6, 6.07) is 0. The third-order valence-electron chi connectivity index (χ3n) is 3.06. The zero-order valence-electron chi connectivity index (χ0n) is 14.6. The van der Waals surface area contributed by atoms with Gasteiger partial charge in [0.25, 0.3) is 6.79 Å². The van der Waals surface area contributed by atoms with E-state index in [0.29, 0.717) is 0 Å². The van der Waals surface area contributed by atoms with E-state index in [-0.39, 0.29) is 22.8 Å². The zero-order valence-corrected chi connectivity index (χ0v) is 14.6. The van der Waals surface area contributed by atoms with Crippen molar-refractivity contribution in [3.05, 3.63) is 10.4 Å². The average molecular weight is 336 g/mol. The van der Waals surface area contributed by atoms with Crippen molar-refractivity contribution >= 4 is 0 Å². The molecule has 10 nitrogen and oxygen atoms in total. The second-order valence-corrected chi connectivity index (χ2v) is 7.37. The summed E-state index contributed by atoms with van der Waals surface area (Å²) in [6.45, 7) is 9.62. The zero-order chi connectivity index (χ0) is 18.3. The molecule has 2 atom stereocenters. The number of aliphatic hydroxyl groups excluding tert-OH is 2. The fourth-order valence-corrected chi connectivity index (χ4v) is 1.11. The van der Waals surface area contributed by atoms with E-state index in [2.05, 4.69) is 20.2 Å². The minimum absolute atomic E-state index is 0.178. The standard InChI is InChI=1S/C13H28N4O6/c1-12(2,3)10(18)7-16(20)14-22-9-23-15-17(21)8-11(19)13(4,5)6/h10-11,18-19H,7-9H2,1-6H3/b16-14-,17-15-. The van der Waals surface area contributed by atoms with E-state index in [1.165, 1.54) is 0 Å². The third kappa shape index (κ3) is 9.84. The van der Waals surface area contributed by atoms with Crippen LogP contribution in [0.15, 0.2) is 10.6 Å². The largest absolute Gasteiger partial charge is 0.597 e. The molecule has 0 heterocycles. The van der Waals surface area contributed by atoms with Gasteiger partial charge in [0.15, 0.2) is 0 Å². The van der Waals surface area contributed by atoms with Gasteiger partial charge in [-0.05, 0) is 10.8 Å². The molecule has 0 fully saturated rings. The first-order chi connectivity index (χ1) is 10.3. The molecule has 10 heteroatoms. The Balaban J connectivity index is 4.12. The van der Waals surface area contributed by atoms with Crippen LogP contribution in [0.3, 0.4) is 0 Å². The normalized spacial score (nSPS) is 16.9. The minimum Gasteiger partial charge on any atom is -0.597 e. The number of aliphatic hydroxyl groups is 2. The van der Waals surface area contributed by atoms with Crippen molar-refractivity contribution in [2.24, 2.45) is 21.4 Å². The molecule has 0 aromatic rings. The summed E-state index contributed by atoms with van der Waals surface area (Å²) in [4.78, 5) is 9.39. The second-order valence-electron chi connectivity index (χ2n) is 7.37. The Morgan fingerprint density at radius 1 is 0.826 bits per heavy atom. The molecule has 0 radical (unpaired) electrons. The molecule has 0 bridgehead atoms. The van der Waals surface area contributed by atoms with Gasteiger partial charge < -0.3 is 30.3 Å². The molecule has 136 valence electrons. The smallest absolute Gasteiger partial charge is 0.292 e. The quantitative estimate of drug-likeness (QED) is 0.227. The molecule has 0 saturated heterocycles. The highest BCUT2D eigenvalue weighted by molar-refractivity contribution is 4.71. The lowest BCUT2D eigenvalue weighted by Crippen LogP contribution is -2.33. The average Bonchev–Trinajstić information content (AvgIpc) is 2.35. The third-order valence-corrected chi connectivity index (χ3v) is 3.06. The summed E-state index contributed by atoms with van der Waals surface area (Å²) < 4.78 is 0. The predicted molar refractivity (Wildman–Crippen MR) is 79.8 cm³/mol. The maximum atomic E-state index is 11.3. The van der Waals surface area contributed by atoms with Crippen molar-refractivity contribution < 1.29 is 29.6 Å². The molecule has 2 unspecified atom stereocenters. The molecular weight excluding hydrogens is 308 g/mol. The van der Waals surface area contributed by atoms with Crippen molar-refractivity contribution in [1.82, 2.24) is 0 Å². The molecule has 23 heavy (non-hydrogen) atoms. The molecule has 0 rings (SSSR count). The minimum atomic E-state index is -0.881. The highest BCUT2D eigenvalue weighted by atomic mass is 16.8. The van der Waals surface area contributed by atoms with Crippen molar-refractivity contribution in [3.8, 4) is 0 Å². The maximum Gasteiger partial charge on any atom is 0.292 e. The van der Waals surface area contributed by atoms with Crippen LogP contribution in [0.5, 0.6) is 0 Å². The number of hydrogen-bond donors (Lipinski definition) is 2. The summed E-state index contributed by atoms with van der Waals surface area (Å²) in [5.74, 6) is 0. The molecule has 0 aliphatic heterocycles. The van der Waals surface area contributed by atoms with Gasteiger partial charge in [-0.15, -0.1) is 0 Å². The molecule has 0 aromatic heterocycles. The van der Waals surface area contributed by atoms with Gasteiger partial charge >= 0.3 is 0 Å². The molecular formula is C13H28N4O6. The highest BCUT2D eigenvalue weighted by Crippen LogP contribution is 2.19. The van der Waals surface area contributed by atoms with Gasteiger partial charge in [-0.1, -0.05) is 51.3 Å². The second kappa shape index (κ2) is 8.82. The number of hydrogen-bond acceptors (Lipinski definition) is 8. The van der Waals surface area contributed by atoms with Gasteiger partial charge in [0, 0.05) is 0 Å². The summed E-state index contributed by atoms with van der Waals surface area (Å²) in [7, 11) is 0. The van der Waals surface area contributed by atoms with Crippen LogP contribution in [0, 0.1) is 21.2 Å². The summed E-state index contributed by atoms with van der Waals surface area (Å²) in [6.07, 6.45) is -1.76. The fraction of sp³-hybridized carbons (Fsp3) is 1.00. The van der Waals surface area contributed by atoms with Crippen LogP contribution in [-0.2, 0) is 9.68 Å². The lowest BCUT2D eigenvalue weighted by Gasteiger charge is -2.23. The Morgan fingerprint density at radius 2 is 1.13 bits per heavy atom. The molecule has 0 aliphatic carbocycles. The molecule has 2 N–H and O–H groups in total. The Bertz CT molecular complexity index is 376. The van der Waals surface area contributed by atoms with Crippen molar-refractivity contribution in [2.75, 3.05) is 19.9 Å². The highest BCUT2D eigenvalue weighted by Gasteiger charge is 2.26. The lowest BCUT2D eigenvalue weighted by molar-refractivity contribution is -0.582. The lowest BCUT2D eigenvalue weighted by atomic mass is 9.89. The van der Waals surface area contributed by atoms with Crippen LogP contribution < -0.4 is 0 Å². The Labute approximate surface area is 136 Å². The van der Waals surface area contributed by atoms with E-state index in [9.17, 15) is 20.6 Å². The van der Waals surface area contributed by atoms with Crippen LogP contribution in [0.25, 0.3) is 0 Å². The maximum absolute atomic E-state index is 11.3. The van der Waals surface area contributed by atoms with E-state index in [1.54, 1.807) is 41.5 Å². The van der Waals surface area contributed by atoms with Crippen molar-refractivity contribution in [1.29, 1.82) is 0 Å². The fourth-order valence-electron chi connectivity index (χ4n) is 1.11. The first kappa shape index (κ1) is 21.3. The van der Waals surface area contributed by atoms with E-state index in [1.807, 2.05) is 0 Å². The SMILES string of the molecule is CC(C)(C)C(O)C/[N+]([O-])=N/OCO/N=[N+](\[O-])CC(O)C(C)(C)C. The molecule has 0 amide bonds. The number of rotatable bonds is 8. The van der Waals surface area contributed by atoms with Gasteiger partial charge in [-0.3, -0.25) is 0 Å². The van der Waals surface area contributed by atoms with Gasteiger partial charge in [0.1, 0.15) is 12.2 Å². The molecule has 0 aromatic carbocycles.